The number of pyridine rings is 1. The first-order valence-electron chi connectivity index (χ1n) is 6.13. The average Bonchev–Trinajstić information content (AvgIpc) is 2.88. The zero-order valence-electron chi connectivity index (χ0n) is 11.5. The van der Waals surface area contributed by atoms with E-state index in [0.717, 1.165) is 5.56 Å². The molecule has 0 aliphatic rings. The molecule has 0 radical (unpaired) electrons. The Bertz CT molecular complexity index is 671. The molecule has 2 aromatic heterocycles. The summed E-state index contributed by atoms with van der Waals surface area (Å²) in [6.07, 6.45) is 3.23. The van der Waals surface area contributed by atoms with Gasteiger partial charge in [-0.25, -0.2) is 14.6 Å². The molecule has 0 aromatic carbocycles. The van der Waals surface area contributed by atoms with Crippen molar-refractivity contribution in [1.82, 2.24) is 15.3 Å². The molecule has 21 heavy (non-hydrogen) atoms. The molecule has 0 aliphatic heterocycles. The third-order valence-electron chi connectivity index (χ3n) is 2.59. The van der Waals surface area contributed by atoms with Crippen molar-refractivity contribution in [1.29, 1.82) is 0 Å². The van der Waals surface area contributed by atoms with Gasteiger partial charge in [-0.1, -0.05) is 0 Å². The van der Waals surface area contributed by atoms with Gasteiger partial charge in [0.1, 0.15) is 5.01 Å². The molecule has 1 atom stereocenters. The topological polar surface area (TPSA) is 104 Å². The molecule has 0 fully saturated rings. The molecule has 2 aromatic rings. The van der Waals surface area contributed by atoms with Crippen molar-refractivity contribution in [3.8, 4) is 0 Å². The van der Waals surface area contributed by atoms with E-state index >= 15 is 0 Å². The minimum Gasteiger partial charge on any atom is -0.476 e. The molecule has 2 heterocycles. The monoisotopic (exact) mass is 306 g/mol. The second kappa shape index (κ2) is 6.31. The predicted molar refractivity (Wildman–Crippen MR) is 78.6 cm³/mol. The van der Waals surface area contributed by atoms with Crippen LogP contribution in [0.15, 0.2) is 23.8 Å². The van der Waals surface area contributed by atoms with Crippen LogP contribution in [0.3, 0.4) is 0 Å². The first-order chi connectivity index (χ1) is 9.95. The maximum atomic E-state index is 11.9. The van der Waals surface area contributed by atoms with Crippen LogP contribution in [0, 0.1) is 6.92 Å². The molecule has 2 rings (SSSR count). The Morgan fingerprint density at radius 2 is 2.14 bits per heavy atom. The second-order valence-electron chi connectivity index (χ2n) is 4.45. The highest BCUT2D eigenvalue weighted by molar-refractivity contribution is 7.09. The van der Waals surface area contributed by atoms with E-state index in [0.29, 0.717) is 10.7 Å². The Kier molecular flexibility index (Phi) is 4.49. The summed E-state index contributed by atoms with van der Waals surface area (Å²) in [4.78, 5) is 30.6. The van der Waals surface area contributed by atoms with Crippen molar-refractivity contribution < 1.29 is 14.7 Å². The molecule has 0 bridgehead atoms. The number of aromatic carboxylic acids is 1. The highest BCUT2D eigenvalue weighted by Crippen LogP contribution is 2.18. The molecular formula is C13H14N4O3S. The number of thiazole rings is 1. The molecule has 0 saturated heterocycles. The summed E-state index contributed by atoms with van der Waals surface area (Å²) >= 11 is 1.19. The van der Waals surface area contributed by atoms with E-state index in [2.05, 4.69) is 20.6 Å². The third-order valence-corrected chi connectivity index (χ3v) is 3.62. The van der Waals surface area contributed by atoms with Crippen LogP contribution >= 0.6 is 11.3 Å². The third kappa shape index (κ3) is 3.99. The number of aromatic nitrogens is 2. The van der Waals surface area contributed by atoms with Crippen LogP contribution < -0.4 is 10.6 Å². The number of carboxylic acids is 1. The standard InChI is InChI=1S/C13H14N4O3S/c1-7-3-9(5-14-4-7)16-13(20)15-8(2)11-17-10(6-21-11)12(18)19/h3-6,8H,1-2H3,(H,18,19)(H2,15,16,20). The zero-order valence-corrected chi connectivity index (χ0v) is 12.3. The van der Waals surface area contributed by atoms with Crippen LogP contribution in [0.4, 0.5) is 10.5 Å². The van der Waals surface area contributed by atoms with Crippen molar-refractivity contribution in [2.75, 3.05) is 5.32 Å². The fraction of sp³-hybridized carbons (Fsp3) is 0.231. The summed E-state index contributed by atoms with van der Waals surface area (Å²) in [5.74, 6) is -1.08. The maximum Gasteiger partial charge on any atom is 0.355 e. The van der Waals surface area contributed by atoms with Gasteiger partial charge in [0.15, 0.2) is 5.69 Å². The number of urea groups is 1. The lowest BCUT2D eigenvalue weighted by atomic mass is 10.3. The summed E-state index contributed by atoms with van der Waals surface area (Å²) < 4.78 is 0. The van der Waals surface area contributed by atoms with Crippen molar-refractivity contribution in [2.24, 2.45) is 0 Å². The van der Waals surface area contributed by atoms with Crippen LogP contribution in [0.2, 0.25) is 0 Å². The summed E-state index contributed by atoms with van der Waals surface area (Å²) in [5.41, 5.74) is 1.50. The number of nitrogens with one attached hydrogen (secondary N) is 2. The van der Waals surface area contributed by atoms with E-state index in [9.17, 15) is 9.59 Å². The van der Waals surface area contributed by atoms with Gasteiger partial charge in [-0.3, -0.25) is 4.98 Å². The summed E-state index contributed by atoms with van der Waals surface area (Å²) in [6.45, 7) is 3.61. The lowest BCUT2D eigenvalue weighted by Crippen LogP contribution is -2.31. The molecule has 3 N–H and O–H groups in total. The summed E-state index contributed by atoms with van der Waals surface area (Å²) in [6, 6.07) is 1.01. The minimum absolute atomic E-state index is 0.0213. The number of carboxylic acid groups (broad SMARTS) is 1. The molecule has 0 aliphatic carbocycles. The van der Waals surface area contributed by atoms with Gasteiger partial charge in [0.05, 0.1) is 17.9 Å². The van der Waals surface area contributed by atoms with Crippen molar-refractivity contribution >= 4 is 29.0 Å². The van der Waals surface area contributed by atoms with Gasteiger partial charge in [0.25, 0.3) is 0 Å². The Hall–Kier alpha value is -2.48. The van der Waals surface area contributed by atoms with Gasteiger partial charge in [0.2, 0.25) is 0 Å². The predicted octanol–water partition coefficient (Wildman–Crippen LogP) is 2.43. The minimum atomic E-state index is -1.08. The van der Waals surface area contributed by atoms with Gasteiger partial charge in [-0.05, 0) is 25.5 Å². The lowest BCUT2D eigenvalue weighted by molar-refractivity contribution is 0.0691. The lowest BCUT2D eigenvalue weighted by Gasteiger charge is -2.12. The number of hydrogen-bond acceptors (Lipinski definition) is 5. The largest absolute Gasteiger partial charge is 0.476 e. The van der Waals surface area contributed by atoms with Gasteiger partial charge < -0.3 is 15.7 Å². The van der Waals surface area contributed by atoms with Crippen LogP contribution in [-0.4, -0.2) is 27.1 Å². The van der Waals surface area contributed by atoms with E-state index in [1.54, 1.807) is 25.4 Å². The number of carbonyl (C=O) groups is 2. The van der Waals surface area contributed by atoms with E-state index in [-0.39, 0.29) is 11.7 Å². The average molecular weight is 306 g/mol. The molecule has 0 saturated carbocycles. The molecular weight excluding hydrogens is 292 g/mol. The van der Waals surface area contributed by atoms with Crippen molar-refractivity contribution in [2.45, 2.75) is 19.9 Å². The summed E-state index contributed by atoms with van der Waals surface area (Å²) in [5, 5.41) is 16.1. The number of amides is 2. The molecule has 0 spiro atoms. The van der Waals surface area contributed by atoms with Crippen LogP contribution in [0.1, 0.15) is 34.0 Å². The van der Waals surface area contributed by atoms with Crippen LogP contribution in [0.25, 0.3) is 0 Å². The number of hydrogen-bond donors (Lipinski definition) is 3. The molecule has 1 unspecified atom stereocenters. The molecule has 2 amide bonds. The Labute approximate surface area is 125 Å². The Morgan fingerprint density at radius 3 is 2.76 bits per heavy atom. The smallest absolute Gasteiger partial charge is 0.355 e. The maximum absolute atomic E-state index is 11.9. The second-order valence-corrected chi connectivity index (χ2v) is 5.34. The Balaban J connectivity index is 1.96. The van der Waals surface area contributed by atoms with Crippen LogP contribution in [0.5, 0.6) is 0 Å². The van der Waals surface area contributed by atoms with Gasteiger partial charge >= 0.3 is 12.0 Å². The Morgan fingerprint density at radius 1 is 1.38 bits per heavy atom. The van der Waals surface area contributed by atoms with Crippen molar-refractivity contribution in [3.63, 3.8) is 0 Å². The SMILES string of the molecule is Cc1cncc(NC(=O)NC(C)c2nc(C(=O)O)cs2)c1. The van der Waals surface area contributed by atoms with Crippen molar-refractivity contribution in [3.05, 3.63) is 40.1 Å². The van der Waals surface area contributed by atoms with E-state index in [1.165, 1.54) is 16.7 Å². The molecule has 7 nitrogen and oxygen atoms in total. The van der Waals surface area contributed by atoms with E-state index in [1.807, 2.05) is 6.92 Å². The molecule has 8 heteroatoms. The highest BCUT2D eigenvalue weighted by atomic mass is 32.1. The summed E-state index contributed by atoms with van der Waals surface area (Å²) in [7, 11) is 0. The fourth-order valence-electron chi connectivity index (χ4n) is 1.63. The molecule has 110 valence electrons. The van der Waals surface area contributed by atoms with Gasteiger partial charge in [-0.15, -0.1) is 11.3 Å². The quantitative estimate of drug-likeness (QED) is 0.804. The number of anilines is 1. The van der Waals surface area contributed by atoms with Crippen LogP contribution in [-0.2, 0) is 0 Å². The number of carbonyl (C=O) groups excluding carboxylic acids is 1. The highest BCUT2D eigenvalue weighted by Gasteiger charge is 2.16. The first-order valence-corrected chi connectivity index (χ1v) is 7.01. The zero-order chi connectivity index (χ0) is 15.4. The van der Waals surface area contributed by atoms with Gasteiger partial charge in [-0.2, -0.15) is 0 Å². The van der Waals surface area contributed by atoms with E-state index < -0.39 is 12.0 Å². The number of nitrogens with zero attached hydrogens (tertiary/aromatic N) is 2. The first kappa shape index (κ1) is 14.9. The van der Waals surface area contributed by atoms with Gasteiger partial charge in [0, 0.05) is 11.6 Å². The number of rotatable bonds is 4. The normalized spacial score (nSPS) is 11.7. The fourth-order valence-corrected chi connectivity index (χ4v) is 2.43. The number of aryl methyl sites for hydroxylation is 1. The van der Waals surface area contributed by atoms with E-state index in [4.69, 9.17) is 5.11 Å².